The van der Waals surface area contributed by atoms with Crippen LogP contribution >= 0.6 is 12.4 Å². The molecule has 0 aromatic heterocycles. The van der Waals surface area contributed by atoms with Crippen LogP contribution in [0.3, 0.4) is 0 Å². The zero-order valence-electron chi connectivity index (χ0n) is 12.3. The predicted molar refractivity (Wildman–Crippen MR) is 87.2 cm³/mol. The first-order valence-corrected chi connectivity index (χ1v) is 8.37. The summed E-state index contributed by atoms with van der Waals surface area (Å²) in [5.41, 5.74) is 8.69. The predicted octanol–water partition coefficient (Wildman–Crippen LogP) is 2.02. The summed E-state index contributed by atoms with van der Waals surface area (Å²) in [6.07, 6.45) is 2.73. The fraction of sp³-hybridized carbons (Fsp3) is 0.571. The molecule has 7 heteroatoms. The van der Waals surface area contributed by atoms with Gasteiger partial charge < -0.3 is 10.5 Å². The van der Waals surface area contributed by atoms with Crippen molar-refractivity contribution in [3.8, 4) is 0 Å². The van der Waals surface area contributed by atoms with Crippen LogP contribution in [0, 0.1) is 0 Å². The minimum absolute atomic E-state index is 0. The van der Waals surface area contributed by atoms with Crippen molar-refractivity contribution in [1.29, 1.82) is 0 Å². The number of benzene rings is 1. The molecular formula is C14H23ClN2O3S. The normalized spacial score (nSPS) is 19.4. The zero-order chi connectivity index (χ0) is 14.8. The van der Waals surface area contributed by atoms with Gasteiger partial charge in [0.05, 0.1) is 11.9 Å². The molecule has 0 saturated carbocycles. The van der Waals surface area contributed by atoms with Gasteiger partial charge >= 0.3 is 0 Å². The third-order valence-corrected chi connectivity index (χ3v) is 5.53. The molecule has 0 radical (unpaired) electrons. The molecule has 21 heavy (non-hydrogen) atoms. The summed E-state index contributed by atoms with van der Waals surface area (Å²) in [5, 5.41) is -0.563. The largest absolute Gasteiger partial charge is 0.399 e. The molecule has 0 aliphatic heterocycles. The SMILES string of the molecule is COCC(C)S(=O)(=O)NC1CCCc2cc(N)ccc21.Cl. The summed E-state index contributed by atoms with van der Waals surface area (Å²) >= 11 is 0. The van der Waals surface area contributed by atoms with Gasteiger partial charge in [-0.3, -0.25) is 0 Å². The monoisotopic (exact) mass is 334 g/mol. The van der Waals surface area contributed by atoms with Gasteiger partial charge in [0.25, 0.3) is 0 Å². The molecular weight excluding hydrogens is 312 g/mol. The summed E-state index contributed by atoms with van der Waals surface area (Å²) in [6, 6.07) is 5.53. The molecule has 120 valence electrons. The van der Waals surface area contributed by atoms with Gasteiger partial charge in [0.2, 0.25) is 10.0 Å². The van der Waals surface area contributed by atoms with Crippen molar-refractivity contribution in [3.63, 3.8) is 0 Å². The molecule has 3 N–H and O–H groups in total. The van der Waals surface area contributed by atoms with Crippen molar-refractivity contribution < 1.29 is 13.2 Å². The number of nitrogens with two attached hydrogens (primary N) is 1. The maximum absolute atomic E-state index is 12.2. The summed E-state index contributed by atoms with van der Waals surface area (Å²) in [6.45, 7) is 1.84. The summed E-state index contributed by atoms with van der Waals surface area (Å²) in [4.78, 5) is 0. The van der Waals surface area contributed by atoms with E-state index in [-0.39, 0.29) is 25.1 Å². The van der Waals surface area contributed by atoms with Crippen LogP contribution in [0.15, 0.2) is 18.2 Å². The van der Waals surface area contributed by atoms with E-state index in [1.807, 2.05) is 18.2 Å². The van der Waals surface area contributed by atoms with Crippen LogP contribution in [0.2, 0.25) is 0 Å². The van der Waals surface area contributed by atoms with Crippen molar-refractivity contribution in [3.05, 3.63) is 29.3 Å². The molecule has 0 saturated heterocycles. The second-order valence-electron chi connectivity index (χ2n) is 5.33. The van der Waals surface area contributed by atoms with Gasteiger partial charge in [-0.1, -0.05) is 6.07 Å². The number of hydrogen-bond acceptors (Lipinski definition) is 4. The summed E-state index contributed by atoms with van der Waals surface area (Å²) < 4.78 is 32.2. The first-order valence-electron chi connectivity index (χ1n) is 6.82. The Labute approximate surface area is 132 Å². The molecule has 0 bridgehead atoms. The number of ether oxygens (including phenoxy) is 1. The number of anilines is 1. The Hall–Kier alpha value is -0.820. The Morgan fingerprint density at radius 1 is 1.48 bits per heavy atom. The van der Waals surface area contributed by atoms with Crippen molar-refractivity contribution in [2.75, 3.05) is 19.5 Å². The molecule has 0 fully saturated rings. The molecule has 2 unspecified atom stereocenters. The average molecular weight is 335 g/mol. The molecule has 5 nitrogen and oxygen atoms in total. The number of fused-ring (bicyclic) bond motifs is 1. The Morgan fingerprint density at radius 3 is 2.86 bits per heavy atom. The highest BCUT2D eigenvalue weighted by Gasteiger charge is 2.28. The lowest BCUT2D eigenvalue weighted by Crippen LogP contribution is -2.38. The van der Waals surface area contributed by atoms with E-state index in [4.69, 9.17) is 10.5 Å². The number of halogens is 1. The van der Waals surface area contributed by atoms with Gasteiger partial charge in [-0.25, -0.2) is 13.1 Å². The minimum Gasteiger partial charge on any atom is -0.399 e. The quantitative estimate of drug-likeness (QED) is 0.807. The second-order valence-corrected chi connectivity index (χ2v) is 7.46. The fourth-order valence-electron chi connectivity index (χ4n) is 2.60. The third kappa shape index (κ3) is 4.32. The first kappa shape index (κ1) is 18.2. The van der Waals surface area contributed by atoms with Gasteiger partial charge in [0, 0.05) is 18.8 Å². The highest BCUT2D eigenvalue weighted by atomic mass is 35.5. The van der Waals surface area contributed by atoms with Gasteiger partial charge in [0.1, 0.15) is 0 Å². The lowest BCUT2D eigenvalue weighted by molar-refractivity contribution is 0.200. The first-order chi connectivity index (χ1) is 9.44. The van der Waals surface area contributed by atoms with Crippen LogP contribution in [0.25, 0.3) is 0 Å². The molecule has 0 heterocycles. The van der Waals surface area contributed by atoms with Crippen LogP contribution < -0.4 is 10.5 Å². The van der Waals surface area contributed by atoms with Gasteiger partial charge in [-0.05, 0) is 49.4 Å². The molecule has 1 aliphatic carbocycles. The van der Waals surface area contributed by atoms with E-state index in [0.29, 0.717) is 0 Å². The van der Waals surface area contributed by atoms with Gasteiger partial charge in [0.15, 0.2) is 0 Å². The Morgan fingerprint density at radius 2 is 2.19 bits per heavy atom. The van der Waals surface area contributed by atoms with Crippen molar-refractivity contribution >= 4 is 28.1 Å². The molecule has 0 spiro atoms. The fourth-order valence-corrected chi connectivity index (χ4v) is 3.78. The summed E-state index contributed by atoms with van der Waals surface area (Å²) in [7, 11) is -1.88. The minimum atomic E-state index is -3.38. The Bertz CT molecular complexity index is 578. The standard InChI is InChI=1S/C14H22N2O3S.ClH/c1-10(9-19-2)20(17,18)16-14-5-3-4-11-8-12(15)6-7-13(11)14;/h6-8,10,14,16H,3-5,9,15H2,1-2H3;1H. The van der Waals surface area contributed by atoms with Gasteiger partial charge in [-0.15, -0.1) is 12.4 Å². The van der Waals surface area contributed by atoms with E-state index in [9.17, 15) is 8.42 Å². The van der Waals surface area contributed by atoms with Crippen LogP contribution in [-0.4, -0.2) is 27.4 Å². The second kappa shape index (κ2) is 7.45. The lowest BCUT2D eigenvalue weighted by atomic mass is 9.88. The maximum atomic E-state index is 12.2. The number of nitrogen functional groups attached to an aromatic ring is 1. The Kier molecular flexibility index (Phi) is 6.46. The molecule has 1 aromatic carbocycles. The van der Waals surface area contributed by atoms with E-state index in [0.717, 1.165) is 36.1 Å². The van der Waals surface area contributed by atoms with Crippen LogP contribution in [0.5, 0.6) is 0 Å². The molecule has 2 atom stereocenters. The van der Waals surface area contributed by atoms with Crippen molar-refractivity contribution in [2.24, 2.45) is 0 Å². The number of aryl methyl sites for hydroxylation is 1. The topological polar surface area (TPSA) is 81.4 Å². The zero-order valence-corrected chi connectivity index (χ0v) is 14.0. The van der Waals surface area contributed by atoms with E-state index in [1.54, 1.807) is 6.92 Å². The highest BCUT2D eigenvalue weighted by Crippen LogP contribution is 2.31. The van der Waals surface area contributed by atoms with E-state index in [2.05, 4.69) is 4.72 Å². The van der Waals surface area contributed by atoms with Crippen LogP contribution in [0.1, 0.15) is 36.9 Å². The number of methoxy groups -OCH3 is 1. The number of rotatable bonds is 5. The highest BCUT2D eigenvalue weighted by molar-refractivity contribution is 7.90. The number of sulfonamides is 1. The molecule has 2 rings (SSSR count). The van der Waals surface area contributed by atoms with Crippen LogP contribution in [-0.2, 0) is 21.2 Å². The molecule has 0 amide bonds. The van der Waals surface area contributed by atoms with Crippen LogP contribution in [0.4, 0.5) is 5.69 Å². The smallest absolute Gasteiger partial charge is 0.217 e. The average Bonchev–Trinajstić information content (AvgIpc) is 2.38. The Balaban J connectivity index is 0.00000220. The lowest BCUT2D eigenvalue weighted by Gasteiger charge is -2.27. The number of nitrogens with one attached hydrogen (secondary N) is 1. The molecule has 1 aliphatic rings. The molecule has 1 aromatic rings. The van der Waals surface area contributed by atoms with E-state index in [1.165, 1.54) is 7.11 Å². The third-order valence-electron chi connectivity index (χ3n) is 3.72. The van der Waals surface area contributed by atoms with Gasteiger partial charge in [-0.2, -0.15) is 0 Å². The van der Waals surface area contributed by atoms with Crippen molar-refractivity contribution in [2.45, 2.75) is 37.5 Å². The van der Waals surface area contributed by atoms with E-state index >= 15 is 0 Å². The van der Waals surface area contributed by atoms with Crippen molar-refractivity contribution in [1.82, 2.24) is 4.72 Å². The summed E-state index contributed by atoms with van der Waals surface area (Å²) in [5.74, 6) is 0. The van der Waals surface area contributed by atoms with E-state index < -0.39 is 15.3 Å². The number of hydrogen-bond donors (Lipinski definition) is 2. The maximum Gasteiger partial charge on any atom is 0.217 e.